The largest absolute Gasteiger partial charge is 0.302 e. The minimum atomic E-state index is 0.536. The van der Waals surface area contributed by atoms with E-state index in [-0.39, 0.29) is 0 Å². The summed E-state index contributed by atoms with van der Waals surface area (Å²) in [5.74, 6) is 0. The third-order valence-electron chi connectivity index (χ3n) is 2.74. The van der Waals surface area contributed by atoms with Gasteiger partial charge in [0.2, 0.25) is 0 Å². The molecule has 0 bridgehead atoms. The van der Waals surface area contributed by atoms with Crippen LogP contribution in [0.15, 0.2) is 30.8 Å². The van der Waals surface area contributed by atoms with E-state index < -0.39 is 0 Å². The van der Waals surface area contributed by atoms with Gasteiger partial charge in [-0.05, 0) is 31.6 Å². The molecule has 1 aromatic carbocycles. The Bertz CT molecular complexity index is 298. The predicted molar refractivity (Wildman–Crippen MR) is 67.9 cm³/mol. The van der Waals surface area contributed by atoms with Gasteiger partial charge in [0.1, 0.15) is 0 Å². The molecule has 15 heavy (non-hydrogen) atoms. The van der Waals surface area contributed by atoms with Gasteiger partial charge < -0.3 is 4.90 Å². The molecule has 0 fully saturated rings. The molecule has 82 valence electrons. The molecule has 0 spiro atoms. The zero-order valence-corrected chi connectivity index (χ0v) is 10.0. The fourth-order valence-corrected chi connectivity index (χ4v) is 1.85. The summed E-state index contributed by atoms with van der Waals surface area (Å²) in [6, 6.07) is 9.21. The minimum Gasteiger partial charge on any atom is -0.302 e. The monoisotopic (exact) mass is 203 g/mol. The van der Waals surface area contributed by atoms with Gasteiger partial charge >= 0.3 is 0 Å². The van der Waals surface area contributed by atoms with Gasteiger partial charge in [-0.2, -0.15) is 0 Å². The van der Waals surface area contributed by atoms with Crippen LogP contribution in [0, 0.1) is 0 Å². The highest BCUT2D eigenvalue weighted by Crippen LogP contribution is 2.23. The van der Waals surface area contributed by atoms with Crippen LogP contribution in [-0.4, -0.2) is 19.0 Å². The van der Waals surface area contributed by atoms with Crippen LogP contribution in [0.4, 0.5) is 0 Å². The topological polar surface area (TPSA) is 3.24 Å². The summed E-state index contributed by atoms with van der Waals surface area (Å²) in [4.78, 5) is 2.28. The van der Waals surface area contributed by atoms with Gasteiger partial charge in [-0.1, -0.05) is 50.3 Å². The molecule has 0 aliphatic heterocycles. The molecule has 0 heterocycles. The summed E-state index contributed by atoms with van der Waals surface area (Å²) in [6.45, 7) is 6.00. The van der Waals surface area contributed by atoms with Gasteiger partial charge in [-0.15, -0.1) is 0 Å². The molecule has 0 aliphatic carbocycles. The van der Waals surface area contributed by atoms with Gasteiger partial charge in [-0.3, -0.25) is 0 Å². The smallest absolute Gasteiger partial charge is 0.0341 e. The molecule has 1 aromatic rings. The number of hydrogen-bond acceptors (Lipinski definition) is 1. The second kappa shape index (κ2) is 5.72. The van der Waals surface area contributed by atoms with E-state index in [2.05, 4.69) is 56.8 Å². The molecule has 0 aromatic heterocycles. The van der Waals surface area contributed by atoms with Crippen molar-refractivity contribution in [2.45, 2.75) is 25.8 Å². The number of benzene rings is 1. The van der Waals surface area contributed by atoms with Crippen LogP contribution in [0.5, 0.6) is 0 Å². The summed E-state index contributed by atoms with van der Waals surface area (Å²) in [6.07, 6.45) is 4.31. The van der Waals surface area contributed by atoms with Gasteiger partial charge in [0.15, 0.2) is 0 Å². The van der Waals surface area contributed by atoms with E-state index in [1.165, 1.54) is 24.0 Å². The summed E-state index contributed by atoms with van der Waals surface area (Å²) >= 11 is 0. The molecule has 0 amide bonds. The van der Waals surface area contributed by atoms with Gasteiger partial charge in [0.25, 0.3) is 0 Å². The van der Waals surface area contributed by atoms with E-state index >= 15 is 0 Å². The first-order chi connectivity index (χ1) is 7.19. The number of hydrogen-bond donors (Lipinski definition) is 0. The van der Waals surface area contributed by atoms with E-state index in [1.807, 2.05) is 6.08 Å². The fraction of sp³-hybridized carbons (Fsp3) is 0.429. The van der Waals surface area contributed by atoms with Gasteiger partial charge in [0, 0.05) is 6.04 Å². The minimum absolute atomic E-state index is 0.536. The SMILES string of the molecule is C=Cc1ccc(C(CCC)N(C)C)cc1. The Labute approximate surface area is 93.4 Å². The summed E-state index contributed by atoms with van der Waals surface area (Å²) < 4.78 is 0. The number of nitrogens with zero attached hydrogens (tertiary/aromatic N) is 1. The molecular weight excluding hydrogens is 182 g/mol. The third kappa shape index (κ3) is 3.21. The van der Waals surface area contributed by atoms with E-state index in [0.717, 1.165) is 0 Å². The average Bonchev–Trinajstić information content (AvgIpc) is 2.26. The zero-order chi connectivity index (χ0) is 11.3. The van der Waals surface area contributed by atoms with E-state index in [9.17, 15) is 0 Å². The molecule has 1 nitrogen and oxygen atoms in total. The fourth-order valence-electron chi connectivity index (χ4n) is 1.85. The summed E-state index contributed by atoms with van der Waals surface area (Å²) in [7, 11) is 4.28. The van der Waals surface area contributed by atoms with Gasteiger partial charge in [-0.25, -0.2) is 0 Å². The second-order valence-corrected chi connectivity index (χ2v) is 4.14. The standard InChI is InChI=1S/C14H21N/c1-5-7-14(15(3)4)13-10-8-12(6-2)9-11-13/h6,8-11,14H,2,5,7H2,1,3-4H3. The lowest BCUT2D eigenvalue weighted by molar-refractivity contribution is 0.282. The Hall–Kier alpha value is -1.08. The molecule has 0 radical (unpaired) electrons. The predicted octanol–water partition coefficient (Wildman–Crippen LogP) is 3.73. The quantitative estimate of drug-likeness (QED) is 0.704. The zero-order valence-electron chi connectivity index (χ0n) is 10.0. The maximum Gasteiger partial charge on any atom is 0.0341 e. The first-order valence-corrected chi connectivity index (χ1v) is 5.57. The van der Waals surface area contributed by atoms with Crippen LogP contribution in [0.2, 0.25) is 0 Å². The average molecular weight is 203 g/mol. The Kier molecular flexibility index (Phi) is 4.57. The Morgan fingerprint density at radius 3 is 2.27 bits per heavy atom. The third-order valence-corrected chi connectivity index (χ3v) is 2.74. The van der Waals surface area contributed by atoms with E-state index in [1.54, 1.807) is 0 Å². The Morgan fingerprint density at radius 1 is 1.27 bits per heavy atom. The molecular formula is C14H21N. The lowest BCUT2D eigenvalue weighted by atomic mass is 10.00. The molecule has 1 atom stereocenters. The molecule has 1 rings (SSSR count). The molecule has 1 heteroatoms. The van der Waals surface area contributed by atoms with Crippen LogP contribution in [0.3, 0.4) is 0 Å². The van der Waals surface area contributed by atoms with Crippen molar-refractivity contribution in [3.63, 3.8) is 0 Å². The molecule has 0 N–H and O–H groups in total. The first-order valence-electron chi connectivity index (χ1n) is 5.57. The highest BCUT2D eigenvalue weighted by atomic mass is 15.1. The summed E-state index contributed by atoms with van der Waals surface area (Å²) in [5, 5.41) is 0. The van der Waals surface area contributed by atoms with Crippen molar-refractivity contribution in [3.05, 3.63) is 42.0 Å². The summed E-state index contributed by atoms with van der Waals surface area (Å²) in [5.41, 5.74) is 2.58. The van der Waals surface area contributed by atoms with E-state index in [0.29, 0.717) is 6.04 Å². The van der Waals surface area contributed by atoms with E-state index in [4.69, 9.17) is 0 Å². The molecule has 0 aliphatic rings. The maximum atomic E-state index is 3.77. The van der Waals surface area contributed by atoms with Gasteiger partial charge in [0.05, 0.1) is 0 Å². The highest BCUT2D eigenvalue weighted by molar-refractivity contribution is 5.47. The van der Waals surface area contributed by atoms with Crippen LogP contribution < -0.4 is 0 Å². The Balaban J connectivity index is 2.86. The lowest BCUT2D eigenvalue weighted by Gasteiger charge is -2.24. The van der Waals surface area contributed by atoms with Crippen LogP contribution in [-0.2, 0) is 0 Å². The van der Waals surface area contributed by atoms with Crippen LogP contribution >= 0.6 is 0 Å². The van der Waals surface area contributed by atoms with Crippen molar-refractivity contribution < 1.29 is 0 Å². The van der Waals surface area contributed by atoms with Crippen LogP contribution in [0.25, 0.3) is 6.08 Å². The van der Waals surface area contributed by atoms with Crippen LogP contribution in [0.1, 0.15) is 36.9 Å². The van der Waals surface area contributed by atoms with Crippen molar-refractivity contribution in [1.82, 2.24) is 4.90 Å². The maximum absolute atomic E-state index is 3.77. The lowest BCUT2D eigenvalue weighted by Crippen LogP contribution is -2.19. The molecule has 1 unspecified atom stereocenters. The second-order valence-electron chi connectivity index (χ2n) is 4.14. The normalized spacial score (nSPS) is 12.8. The Morgan fingerprint density at radius 2 is 1.87 bits per heavy atom. The van der Waals surface area contributed by atoms with Crippen molar-refractivity contribution in [2.75, 3.05) is 14.1 Å². The first kappa shape index (κ1) is 12.0. The van der Waals surface area contributed by atoms with Crippen molar-refractivity contribution in [1.29, 1.82) is 0 Å². The van der Waals surface area contributed by atoms with Crippen molar-refractivity contribution in [3.8, 4) is 0 Å². The van der Waals surface area contributed by atoms with Crippen molar-refractivity contribution >= 4 is 6.08 Å². The molecule has 0 saturated carbocycles. The molecule has 0 saturated heterocycles. The highest BCUT2D eigenvalue weighted by Gasteiger charge is 2.11. The number of rotatable bonds is 5. The van der Waals surface area contributed by atoms with Crippen molar-refractivity contribution in [2.24, 2.45) is 0 Å².